The van der Waals surface area contributed by atoms with E-state index in [0.29, 0.717) is 0 Å². The van der Waals surface area contributed by atoms with E-state index in [1.54, 1.807) is 0 Å². The molecule has 4 N–H and O–H groups in total. The maximum absolute atomic E-state index is 13.0. The summed E-state index contributed by atoms with van der Waals surface area (Å²) in [6.07, 6.45) is 0. The fraction of sp³-hybridized carbons (Fsp3) is 0.333. The van der Waals surface area contributed by atoms with Crippen LogP contribution in [0.15, 0.2) is 23.1 Å². The minimum Gasteiger partial charge on any atom is -0.399 e. The number of benzene rings is 1. The molecule has 0 aliphatic rings. The summed E-state index contributed by atoms with van der Waals surface area (Å²) in [6, 6.07) is 2.85. The van der Waals surface area contributed by atoms with E-state index in [0.717, 1.165) is 18.2 Å². The molecule has 0 saturated heterocycles. The summed E-state index contributed by atoms with van der Waals surface area (Å²) < 4.78 is 62.9. The summed E-state index contributed by atoms with van der Waals surface area (Å²) >= 11 is 0. The van der Waals surface area contributed by atoms with Crippen molar-refractivity contribution in [2.75, 3.05) is 25.1 Å². The Hall–Kier alpha value is -1.23. The van der Waals surface area contributed by atoms with Crippen LogP contribution in [0.4, 0.5) is 10.1 Å². The zero-order valence-corrected chi connectivity index (χ0v) is 11.7. The number of halogens is 1. The third-order valence-corrected chi connectivity index (χ3v) is 4.98. The molecule has 0 heterocycles. The predicted octanol–water partition coefficient (Wildman–Crippen LogP) is -0.765. The van der Waals surface area contributed by atoms with Crippen LogP contribution in [0.25, 0.3) is 0 Å². The lowest BCUT2D eigenvalue weighted by atomic mass is 10.3. The molecule has 0 amide bonds. The van der Waals surface area contributed by atoms with Crippen molar-refractivity contribution in [3.63, 3.8) is 0 Å². The summed E-state index contributed by atoms with van der Waals surface area (Å²) in [5.41, 5.74) is 5.30. The Balaban J connectivity index is 2.82. The van der Waals surface area contributed by atoms with E-state index in [-0.39, 0.29) is 17.1 Å². The van der Waals surface area contributed by atoms with Crippen molar-refractivity contribution in [1.29, 1.82) is 0 Å². The van der Waals surface area contributed by atoms with Gasteiger partial charge in [0.1, 0.15) is 5.82 Å². The Labute approximate surface area is 111 Å². The number of hydrogen-bond acceptors (Lipinski definition) is 5. The minimum absolute atomic E-state index is 0.0387. The van der Waals surface area contributed by atoms with Gasteiger partial charge in [0.25, 0.3) is 0 Å². The first-order valence-corrected chi connectivity index (χ1v) is 8.27. The van der Waals surface area contributed by atoms with Gasteiger partial charge in [0.2, 0.25) is 20.0 Å². The molecule has 1 rings (SSSR count). The van der Waals surface area contributed by atoms with E-state index in [1.807, 2.05) is 4.72 Å². The van der Waals surface area contributed by atoms with Gasteiger partial charge in [-0.05, 0) is 25.2 Å². The van der Waals surface area contributed by atoms with Crippen molar-refractivity contribution in [1.82, 2.24) is 9.44 Å². The molecular formula is C9H14FN3O4S2. The highest BCUT2D eigenvalue weighted by molar-refractivity contribution is 7.90. The summed E-state index contributed by atoms with van der Waals surface area (Å²) in [4.78, 5) is -0.355. The molecule has 10 heteroatoms. The number of nitrogens with one attached hydrogen (secondary N) is 2. The van der Waals surface area contributed by atoms with Crippen molar-refractivity contribution in [2.24, 2.45) is 0 Å². The lowest BCUT2D eigenvalue weighted by Crippen LogP contribution is -2.33. The monoisotopic (exact) mass is 311 g/mol. The molecule has 0 spiro atoms. The van der Waals surface area contributed by atoms with Crippen molar-refractivity contribution in [3.8, 4) is 0 Å². The molecule has 0 aromatic heterocycles. The molecule has 108 valence electrons. The summed E-state index contributed by atoms with van der Waals surface area (Å²) in [7, 11) is -6.29. The maximum atomic E-state index is 13.0. The average molecular weight is 311 g/mol. The van der Waals surface area contributed by atoms with Crippen molar-refractivity contribution < 1.29 is 21.2 Å². The second-order valence-electron chi connectivity index (χ2n) is 3.64. The molecule has 0 bridgehead atoms. The predicted molar refractivity (Wildman–Crippen MR) is 68.8 cm³/mol. The number of hydrogen-bond donors (Lipinski definition) is 3. The maximum Gasteiger partial charge on any atom is 0.240 e. The van der Waals surface area contributed by atoms with Crippen LogP contribution in [-0.2, 0) is 20.0 Å². The zero-order valence-electron chi connectivity index (χ0n) is 10.1. The van der Waals surface area contributed by atoms with Crippen LogP contribution in [0.2, 0.25) is 0 Å². The second kappa shape index (κ2) is 5.82. The third-order valence-electron chi connectivity index (χ3n) is 2.18. The normalized spacial score (nSPS) is 12.5. The summed E-state index contributed by atoms with van der Waals surface area (Å²) in [5, 5.41) is 0. The Morgan fingerprint density at radius 3 is 2.37 bits per heavy atom. The van der Waals surface area contributed by atoms with Crippen molar-refractivity contribution in [3.05, 3.63) is 24.0 Å². The molecule has 7 nitrogen and oxygen atoms in total. The minimum atomic E-state index is -4.00. The van der Waals surface area contributed by atoms with Gasteiger partial charge in [-0.1, -0.05) is 0 Å². The molecule has 0 aliphatic carbocycles. The second-order valence-corrected chi connectivity index (χ2v) is 7.45. The smallest absolute Gasteiger partial charge is 0.240 e. The van der Waals surface area contributed by atoms with Crippen LogP contribution in [0.1, 0.15) is 0 Å². The summed E-state index contributed by atoms with van der Waals surface area (Å²) in [6.45, 7) is -0.331. The van der Waals surface area contributed by atoms with Crippen LogP contribution < -0.4 is 15.2 Å². The van der Waals surface area contributed by atoms with E-state index in [1.165, 1.54) is 7.05 Å². The molecule has 1 aromatic rings. The van der Waals surface area contributed by atoms with Gasteiger partial charge in [-0.15, -0.1) is 0 Å². The van der Waals surface area contributed by atoms with Crippen LogP contribution in [0.5, 0.6) is 0 Å². The fourth-order valence-electron chi connectivity index (χ4n) is 1.24. The molecule has 0 radical (unpaired) electrons. The van der Waals surface area contributed by atoms with E-state index >= 15 is 0 Å². The van der Waals surface area contributed by atoms with Crippen LogP contribution in [0.3, 0.4) is 0 Å². The lowest BCUT2D eigenvalue weighted by molar-refractivity contribution is 0.576. The topological polar surface area (TPSA) is 118 Å². The highest BCUT2D eigenvalue weighted by atomic mass is 32.2. The third kappa shape index (κ3) is 4.74. The fourth-order valence-corrected chi connectivity index (χ4v) is 3.04. The van der Waals surface area contributed by atoms with E-state index in [2.05, 4.69) is 4.72 Å². The van der Waals surface area contributed by atoms with Gasteiger partial charge in [0, 0.05) is 12.2 Å². The van der Waals surface area contributed by atoms with E-state index < -0.39 is 31.6 Å². The number of sulfonamides is 2. The summed E-state index contributed by atoms with van der Waals surface area (Å²) in [5.74, 6) is -1.21. The van der Waals surface area contributed by atoms with E-state index in [9.17, 15) is 21.2 Å². The lowest BCUT2D eigenvalue weighted by Gasteiger charge is -2.08. The molecule has 0 fully saturated rings. The Morgan fingerprint density at radius 2 is 1.84 bits per heavy atom. The van der Waals surface area contributed by atoms with Gasteiger partial charge >= 0.3 is 0 Å². The SMILES string of the molecule is CNS(=O)(=O)CCNS(=O)(=O)c1cc(N)cc(F)c1. The van der Waals surface area contributed by atoms with Crippen LogP contribution >= 0.6 is 0 Å². The first kappa shape index (κ1) is 15.8. The standard InChI is InChI=1S/C9H14FN3O4S2/c1-12-18(14,15)3-2-13-19(16,17)9-5-7(10)4-8(11)6-9/h4-6,12-13H,2-3,11H2,1H3. The van der Waals surface area contributed by atoms with Gasteiger partial charge in [-0.2, -0.15) is 0 Å². The Kier molecular flexibility index (Phi) is 4.85. The van der Waals surface area contributed by atoms with Gasteiger partial charge < -0.3 is 5.73 Å². The average Bonchev–Trinajstić information content (AvgIpc) is 2.27. The van der Waals surface area contributed by atoms with E-state index in [4.69, 9.17) is 5.73 Å². The highest BCUT2D eigenvalue weighted by Gasteiger charge is 2.17. The Morgan fingerprint density at radius 1 is 1.21 bits per heavy atom. The zero-order chi connectivity index (χ0) is 14.7. The first-order valence-electron chi connectivity index (χ1n) is 5.13. The van der Waals surface area contributed by atoms with Gasteiger partial charge in [-0.25, -0.2) is 30.7 Å². The number of anilines is 1. The molecule has 0 saturated carbocycles. The van der Waals surface area contributed by atoms with Crippen LogP contribution in [-0.4, -0.2) is 36.2 Å². The number of nitrogens with two attached hydrogens (primary N) is 1. The van der Waals surface area contributed by atoms with Gasteiger partial charge in [0.05, 0.1) is 10.6 Å². The van der Waals surface area contributed by atoms with Gasteiger partial charge in [-0.3, -0.25) is 0 Å². The van der Waals surface area contributed by atoms with Crippen molar-refractivity contribution >= 4 is 25.7 Å². The molecule has 19 heavy (non-hydrogen) atoms. The molecule has 0 atom stereocenters. The number of nitrogen functional groups attached to an aromatic ring is 1. The van der Waals surface area contributed by atoms with Crippen molar-refractivity contribution in [2.45, 2.75) is 4.90 Å². The molecule has 0 unspecified atom stereocenters. The Bertz CT molecular complexity index is 638. The molecular weight excluding hydrogens is 297 g/mol. The molecule has 1 aromatic carbocycles. The quantitative estimate of drug-likeness (QED) is 0.597. The molecule has 0 aliphatic heterocycles. The van der Waals surface area contributed by atoms with Crippen LogP contribution in [0, 0.1) is 5.82 Å². The number of rotatable bonds is 6. The van der Waals surface area contributed by atoms with Gasteiger partial charge in [0.15, 0.2) is 0 Å². The highest BCUT2D eigenvalue weighted by Crippen LogP contribution is 2.15. The first-order chi connectivity index (χ1) is 8.66. The largest absolute Gasteiger partial charge is 0.399 e.